The average molecular weight is 417 g/mol. The molecule has 0 aliphatic carbocycles. The minimum atomic E-state index is -0.779. The summed E-state index contributed by atoms with van der Waals surface area (Å²) in [4.78, 5) is 29.9. The van der Waals surface area contributed by atoms with Crippen LogP contribution in [0.5, 0.6) is 0 Å². The second-order valence-corrected chi connectivity index (χ2v) is 6.72. The highest BCUT2D eigenvalue weighted by Gasteiger charge is 2.22. The Kier molecular flexibility index (Phi) is 6.29. The highest BCUT2D eigenvalue weighted by Crippen LogP contribution is 2.22. The fourth-order valence-corrected chi connectivity index (χ4v) is 2.83. The summed E-state index contributed by atoms with van der Waals surface area (Å²) < 4.78 is 24.4. The number of oxazole rings is 1. The molecule has 2 aromatic carbocycles. The van der Waals surface area contributed by atoms with Crippen molar-refractivity contribution >= 4 is 23.5 Å². The van der Waals surface area contributed by atoms with Gasteiger partial charge in [-0.25, -0.2) is 14.2 Å². The van der Waals surface area contributed by atoms with Crippen molar-refractivity contribution < 1.29 is 23.1 Å². The maximum Gasteiger partial charge on any atom is 0.361 e. The summed E-state index contributed by atoms with van der Waals surface area (Å²) in [5.74, 6) is -1.23. The molecule has 1 amide bonds. The van der Waals surface area contributed by atoms with Crippen LogP contribution in [0.1, 0.15) is 21.8 Å². The molecule has 0 radical (unpaired) electrons. The number of nitrogens with zero attached hydrogens (tertiary/aromatic N) is 2. The summed E-state index contributed by atoms with van der Waals surface area (Å²) in [5.41, 5.74) is 0.903. The molecule has 0 saturated carbocycles. The van der Waals surface area contributed by atoms with Gasteiger partial charge in [-0.05, 0) is 31.2 Å². The van der Waals surface area contributed by atoms with Gasteiger partial charge in [0.2, 0.25) is 5.89 Å². The molecule has 0 unspecified atom stereocenters. The van der Waals surface area contributed by atoms with Crippen molar-refractivity contribution in [1.29, 1.82) is 0 Å². The number of halogens is 2. The third-order valence-electron chi connectivity index (χ3n) is 4.22. The van der Waals surface area contributed by atoms with Crippen molar-refractivity contribution in [2.24, 2.45) is 0 Å². The molecule has 0 aliphatic rings. The fourth-order valence-electron chi connectivity index (χ4n) is 2.60. The fraction of sp³-hybridized carbons (Fsp3) is 0.190. The van der Waals surface area contributed by atoms with Crippen LogP contribution in [-0.4, -0.2) is 35.4 Å². The molecule has 0 aliphatic heterocycles. The van der Waals surface area contributed by atoms with Gasteiger partial charge >= 0.3 is 5.97 Å². The normalized spacial score (nSPS) is 10.6. The third-order valence-corrected chi connectivity index (χ3v) is 4.57. The van der Waals surface area contributed by atoms with Crippen molar-refractivity contribution in [3.05, 3.63) is 76.4 Å². The number of rotatable bonds is 6. The Morgan fingerprint density at radius 2 is 1.90 bits per heavy atom. The van der Waals surface area contributed by atoms with Gasteiger partial charge in [0, 0.05) is 29.7 Å². The standard InChI is InChI=1S/C21H18ClFN2O4/c1-13-19(24-20(29-13)14-7-4-3-5-8-14)21(27)28-12-18(26)25(2)11-15-16(22)9-6-10-17(15)23/h3-10H,11-12H2,1-2H3. The molecule has 6 nitrogen and oxygen atoms in total. The molecule has 8 heteroatoms. The maximum absolute atomic E-state index is 13.9. The minimum Gasteiger partial charge on any atom is -0.451 e. The van der Waals surface area contributed by atoms with Gasteiger partial charge in [-0.2, -0.15) is 0 Å². The van der Waals surface area contributed by atoms with Crippen molar-refractivity contribution in [2.75, 3.05) is 13.7 Å². The lowest BCUT2D eigenvalue weighted by Gasteiger charge is -2.18. The summed E-state index contributed by atoms with van der Waals surface area (Å²) in [7, 11) is 1.47. The second kappa shape index (κ2) is 8.87. The lowest BCUT2D eigenvalue weighted by molar-refractivity contribution is -0.133. The van der Waals surface area contributed by atoms with Crippen LogP contribution in [0.2, 0.25) is 5.02 Å². The van der Waals surface area contributed by atoms with Crippen molar-refractivity contribution in [3.8, 4) is 11.5 Å². The number of aromatic nitrogens is 1. The average Bonchev–Trinajstić information content (AvgIpc) is 3.11. The van der Waals surface area contributed by atoms with Gasteiger partial charge in [-0.3, -0.25) is 4.79 Å². The molecule has 150 valence electrons. The van der Waals surface area contributed by atoms with Gasteiger partial charge in [0.25, 0.3) is 5.91 Å². The molecule has 0 saturated heterocycles. The lowest BCUT2D eigenvalue weighted by atomic mass is 10.2. The Balaban J connectivity index is 1.62. The van der Waals surface area contributed by atoms with Crippen LogP contribution in [0.4, 0.5) is 4.39 Å². The predicted molar refractivity (Wildman–Crippen MR) is 105 cm³/mol. The summed E-state index contributed by atoms with van der Waals surface area (Å²) >= 11 is 5.97. The van der Waals surface area contributed by atoms with E-state index in [-0.39, 0.29) is 34.5 Å². The summed E-state index contributed by atoms with van der Waals surface area (Å²) in [5, 5.41) is 0.216. The van der Waals surface area contributed by atoms with Crippen LogP contribution in [0, 0.1) is 12.7 Å². The summed E-state index contributed by atoms with van der Waals surface area (Å²) in [6, 6.07) is 13.4. The summed E-state index contributed by atoms with van der Waals surface area (Å²) in [6.45, 7) is 1.02. The molecular weight excluding hydrogens is 399 g/mol. The van der Waals surface area contributed by atoms with E-state index in [4.69, 9.17) is 20.8 Å². The smallest absolute Gasteiger partial charge is 0.361 e. The Morgan fingerprint density at radius 1 is 1.17 bits per heavy atom. The van der Waals surface area contributed by atoms with E-state index in [1.54, 1.807) is 19.1 Å². The first-order valence-electron chi connectivity index (χ1n) is 8.73. The van der Waals surface area contributed by atoms with Crippen molar-refractivity contribution in [2.45, 2.75) is 13.5 Å². The molecular formula is C21H18ClFN2O4. The van der Waals surface area contributed by atoms with E-state index in [1.807, 2.05) is 18.2 Å². The van der Waals surface area contributed by atoms with E-state index >= 15 is 0 Å². The third kappa shape index (κ3) is 4.81. The van der Waals surface area contributed by atoms with Gasteiger partial charge in [-0.15, -0.1) is 0 Å². The zero-order chi connectivity index (χ0) is 21.0. The Bertz CT molecular complexity index is 1020. The van der Waals surface area contributed by atoms with Crippen LogP contribution < -0.4 is 0 Å². The van der Waals surface area contributed by atoms with E-state index in [2.05, 4.69) is 4.98 Å². The van der Waals surface area contributed by atoms with Crippen LogP contribution in [0.3, 0.4) is 0 Å². The Hall–Kier alpha value is -3.19. The molecule has 0 fully saturated rings. The second-order valence-electron chi connectivity index (χ2n) is 6.32. The number of esters is 1. The number of carbonyl (C=O) groups excluding carboxylic acids is 2. The summed E-state index contributed by atoms with van der Waals surface area (Å²) in [6.07, 6.45) is 0. The Labute approximate surface area is 171 Å². The Morgan fingerprint density at radius 3 is 2.59 bits per heavy atom. The number of ether oxygens (including phenoxy) is 1. The molecule has 3 aromatic rings. The van der Waals surface area contributed by atoms with Gasteiger partial charge in [0.05, 0.1) is 0 Å². The van der Waals surface area contributed by atoms with Crippen LogP contribution in [0.15, 0.2) is 52.9 Å². The van der Waals surface area contributed by atoms with Crippen molar-refractivity contribution in [1.82, 2.24) is 9.88 Å². The van der Waals surface area contributed by atoms with E-state index in [0.29, 0.717) is 5.56 Å². The molecule has 1 aromatic heterocycles. The van der Waals surface area contributed by atoms with E-state index in [0.717, 1.165) is 0 Å². The zero-order valence-electron chi connectivity index (χ0n) is 15.8. The predicted octanol–water partition coefficient (Wildman–Crippen LogP) is 4.26. The largest absolute Gasteiger partial charge is 0.451 e. The van der Waals surface area contributed by atoms with Gasteiger partial charge < -0.3 is 14.1 Å². The topological polar surface area (TPSA) is 72.6 Å². The number of benzene rings is 2. The lowest BCUT2D eigenvalue weighted by Crippen LogP contribution is -2.31. The highest BCUT2D eigenvalue weighted by molar-refractivity contribution is 6.31. The van der Waals surface area contributed by atoms with Gasteiger partial charge in [-0.1, -0.05) is 35.9 Å². The first kappa shape index (κ1) is 20.5. The first-order chi connectivity index (χ1) is 13.9. The highest BCUT2D eigenvalue weighted by atomic mass is 35.5. The monoisotopic (exact) mass is 416 g/mol. The minimum absolute atomic E-state index is 0.00328. The number of carbonyl (C=O) groups is 2. The molecule has 29 heavy (non-hydrogen) atoms. The van der Waals surface area contributed by atoms with Gasteiger partial charge in [0.1, 0.15) is 11.6 Å². The molecule has 0 N–H and O–H groups in total. The molecule has 0 bridgehead atoms. The van der Waals surface area contributed by atoms with E-state index in [1.165, 1.54) is 30.1 Å². The van der Waals surface area contributed by atoms with Gasteiger partial charge in [0.15, 0.2) is 12.3 Å². The quantitative estimate of drug-likeness (QED) is 0.561. The number of hydrogen-bond donors (Lipinski definition) is 0. The molecule has 0 spiro atoms. The number of aryl methyl sites for hydroxylation is 1. The number of amides is 1. The number of hydrogen-bond acceptors (Lipinski definition) is 5. The SMILES string of the molecule is Cc1oc(-c2ccccc2)nc1C(=O)OCC(=O)N(C)Cc1c(F)cccc1Cl. The van der Waals surface area contributed by atoms with Crippen LogP contribution in [0.25, 0.3) is 11.5 Å². The first-order valence-corrected chi connectivity index (χ1v) is 9.11. The molecule has 0 atom stereocenters. The van der Waals surface area contributed by atoms with Crippen molar-refractivity contribution in [3.63, 3.8) is 0 Å². The molecule has 3 rings (SSSR count). The number of likely N-dealkylation sites (N-methyl/N-ethyl adjacent to an activating group) is 1. The van der Waals surface area contributed by atoms with Crippen LogP contribution in [-0.2, 0) is 16.1 Å². The van der Waals surface area contributed by atoms with E-state index in [9.17, 15) is 14.0 Å². The zero-order valence-corrected chi connectivity index (χ0v) is 16.6. The molecule has 1 heterocycles. The van der Waals surface area contributed by atoms with Crippen LogP contribution >= 0.6 is 11.6 Å². The maximum atomic E-state index is 13.9. The van der Waals surface area contributed by atoms with E-state index < -0.39 is 24.3 Å².